The van der Waals surface area contributed by atoms with Crippen molar-refractivity contribution in [3.8, 4) is 0 Å². The van der Waals surface area contributed by atoms with Gasteiger partial charge in [0.05, 0.1) is 11.0 Å². The van der Waals surface area contributed by atoms with Crippen molar-refractivity contribution in [2.24, 2.45) is 5.41 Å². The van der Waals surface area contributed by atoms with Crippen LogP contribution < -0.4 is 10.5 Å². The molecule has 1 rings (SSSR count). The summed E-state index contributed by atoms with van der Waals surface area (Å²) in [5.41, 5.74) is 7.34. The average Bonchev–Trinajstić information content (AvgIpc) is 2.30. The Morgan fingerprint density at radius 3 is 2.38 bits per heavy atom. The molecule has 0 spiro atoms. The third-order valence-electron chi connectivity index (χ3n) is 3.27. The first-order valence-electron chi connectivity index (χ1n) is 6.97. The average molecular weight is 314 g/mol. The first-order chi connectivity index (χ1) is 9.44. The Bertz CT molecular complexity index is 604. The third-order valence-corrected chi connectivity index (χ3v) is 4.98. The molecule has 5 nitrogen and oxygen atoms in total. The van der Waals surface area contributed by atoms with Gasteiger partial charge in [0, 0.05) is 12.2 Å². The van der Waals surface area contributed by atoms with Crippen molar-refractivity contribution in [2.75, 3.05) is 12.3 Å². The molecule has 1 unspecified atom stereocenters. The molecule has 0 heterocycles. The van der Waals surface area contributed by atoms with Gasteiger partial charge < -0.3 is 10.8 Å². The molecular formula is C15H26N2O3S. The zero-order valence-corrected chi connectivity index (χ0v) is 14.2. The van der Waals surface area contributed by atoms with E-state index in [2.05, 4.69) is 4.72 Å². The van der Waals surface area contributed by atoms with E-state index >= 15 is 0 Å². The van der Waals surface area contributed by atoms with E-state index in [9.17, 15) is 13.5 Å². The summed E-state index contributed by atoms with van der Waals surface area (Å²) in [5, 5.41) is 9.94. The topological polar surface area (TPSA) is 92.4 Å². The van der Waals surface area contributed by atoms with Crippen LogP contribution in [0.15, 0.2) is 17.0 Å². The van der Waals surface area contributed by atoms with E-state index < -0.39 is 16.1 Å². The summed E-state index contributed by atoms with van der Waals surface area (Å²) in [4.78, 5) is 0.199. The van der Waals surface area contributed by atoms with Gasteiger partial charge in [-0.3, -0.25) is 0 Å². The van der Waals surface area contributed by atoms with E-state index in [0.717, 1.165) is 0 Å². The highest BCUT2D eigenvalue weighted by molar-refractivity contribution is 7.89. The highest BCUT2D eigenvalue weighted by atomic mass is 32.2. The number of nitrogen functional groups attached to an aromatic ring is 1. The first kappa shape index (κ1) is 17.9. The fourth-order valence-electron chi connectivity index (χ4n) is 2.31. The Hall–Kier alpha value is -1.11. The highest BCUT2D eigenvalue weighted by Crippen LogP contribution is 2.25. The number of nitrogens with two attached hydrogens (primary N) is 1. The Labute approximate surface area is 127 Å². The molecule has 1 aromatic carbocycles. The van der Waals surface area contributed by atoms with Crippen LogP contribution in [0.25, 0.3) is 0 Å². The maximum Gasteiger partial charge on any atom is 0.241 e. The van der Waals surface area contributed by atoms with Crippen LogP contribution in [0.3, 0.4) is 0 Å². The summed E-state index contributed by atoms with van der Waals surface area (Å²) in [7, 11) is -3.68. The molecule has 6 heteroatoms. The van der Waals surface area contributed by atoms with Crippen LogP contribution in [0.2, 0.25) is 0 Å². The van der Waals surface area contributed by atoms with E-state index in [4.69, 9.17) is 5.73 Å². The van der Waals surface area contributed by atoms with Gasteiger partial charge in [0.25, 0.3) is 0 Å². The molecule has 0 aliphatic heterocycles. The monoisotopic (exact) mass is 314 g/mol. The number of sulfonamides is 1. The maximum absolute atomic E-state index is 12.4. The van der Waals surface area contributed by atoms with Gasteiger partial charge in [-0.15, -0.1) is 0 Å². The van der Waals surface area contributed by atoms with E-state index in [0.29, 0.717) is 23.2 Å². The van der Waals surface area contributed by atoms with Gasteiger partial charge in [-0.05, 0) is 42.9 Å². The number of benzene rings is 1. The lowest BCUT2D eigenvalue weighted by Gasteiger charge is -2.23. The van der Waals surface area contributed by atoms with Gasteiger partial charge >= 0.3 is 0 Å². The Kier molecular flexibility index (Phi) is 5.41. The van der Waals surface area contributed by atoms with E-state index in [1.165, 1.54) is 0 Å². The number of rotatable bonds is 5. The summed E-state index contributed by atoms with van der Waals surface area (Å²) in [5.74, 6) is 0. The lowest BCUT2D eigenvalue weighted by atomic mass is 9.89. The Morgan fingerprint density at radius 1 is 1.29 bits per heavy atom. The smallest absolute Gasteiger partial charge is 0.241 e. The standard InChI is InChI=1S/C15H26N2O3S/c1-10-6-7-13(16)11(2)14(10)21(19,20)17-9-12(18)8-15(3,4)5/h6-7,12,17-18H,8-9,16H2,1-5H3. The molecule has 0 fully saturated rings. The largest absolute Gasteiger partial charge is 0.398 e. The second kappa shape index (κ2) is 6.34. The number of hydrogen-bond donors (Lipinski definition) is 3. The van der Waals surface area contributed by atoms with Crippen LogP contribution in [0.5, 0.6) is 0 Å². The van der Waals surface area contributed by atoms with Crippen molar-refractivity contribution in [3.63, 3.8) is 0 Å². The number of anilines is 1. The fraction of sp³-hybridized carbons (Fsp3) is 0.600. The lowest BCUT2D eigenvalue weighted by Crippen LogP contribution is -2.34. The van der Waals surface area contributed by atoms with Gasteiger partial charge in [0.15, 0.2) is 0 Å². The van der Waals surface area contributed by atoms with E-state index in [1.54, 1.807) is 26.0 Å². The number of aryl methyl sites for hydroxylation is 1. The second-order valence-electron chi connectivity index (χ2n) is 6.70. The van der Waals surface area contributed by atoms with Crippen molar-refractivity contribution < 1.29 is 13.5 Å². The lowest BCUT2D eigenvalue weighted by molar-refractivity contribution is 0.125. The number of hydrogen-bond acceptors (Lipinski definition) is 4. The molecule has 0 aliphatic rings. The molecule has 0 aliphatic carbocycles. The summed E-state index contributed by atoms with van der Waals surface area (Å²) in [6.07, 6.45) is -0.203. The van der Waals surface area contributed by atoms with Gasteiger partial charge in [0.1, 0.15) is 0 Å². The summed E-state index contributed by atoms with van der Waals surface area (Å²) in [6, 6.07) is 3.38. The van der Waals surface area contributed by atoms with Crippen molar-refractivity contribution in [1.29, 1.82) is 0 Å². The zero-order chi connectivity index (χ0) is 16.4. The SMILES string of the molecule is Cc1ccc(N)c(C)c1S(=O)(=O)NCC(O)CC(C)(C)C. The molecule has 4 N–H and O–H groups in total. The molecule has 0 radical (unpaired) electrons. The van der Waals surface area contributed by atoms with Crippen LogP contribution in [0.1, 0.15) is 38.3 Å². The van der Waals surface area contributed by atoms with Gasteiger partial charge in [-0.2, -0.15) is 0 Å². The molecule has 0 bridgehead atoms. The molecule has 0 amide bonds. The van der Waals surface area contributed by atoms with Gasteiger partial charge in [-0.1, -0.05) is 26.8 Å². The quantitative estimate of drug-likeness (QED) is 0.724. The summed E-state index contributed by atoms with van der Waals surface area (Å²) < 4.78 is 27.3. The predicted octanol–water partition coefficient (Wildman–Crippen LogP) is 1.96. The summed E-state index contributed by atoms with van der Waals surface area (Å²) >= 11 is 0. The first-order valence-corrected chi connectivity index (χ1v) is 8.46. The van der Waals surface area contributed by atoms with Crippen molar-refractivity contribution >= 4 is 15.7 Å². The van der Waals surface area contributed by atoms with Gasteiger partial charge in [-0.25, -0.2) is 13.1 Å². The molecule has 1 aromatic rings. The molecule has 120 valence electrons. The zero-order valence-electron chi connectivity index (χ0n) is 13.4. The number of aliphatic hydroxyl groups excluding tert-OH is 1. The number of aliphatic hydroxyl groups is 1. The molecule has 0 aromatic heterocycles. The molecule has 21 heavy (non-hydrogen) atoms. The van der Waals surface area contributed by atoms with Crippen molar-refractivity contribution in [2.45, 2.75) is 52.0 Å². The third kappa shape index (κ3) is 4.98. The summed E-state index contributed by atoms with van der Waals surface area (Å²) in [6.45, 7) is 9.40. The highest BCUT2D eigenvalue weighted by Gasteiger charge is 2.23. The molecule has 0 saturated carbocycles. The van der Waals surface area contributed by atoms with Crippen LogP contribution in [-0.2, 0) is 10.0 Å². The minimum absolute atomic E-state index is 0.00666. The minimum Gasteiger partial charge on any atom is -0.398 e. The van der Waals surface area contributed by atoms with Crippen LogP contribution in [0, 0.1) is 19.3 Å². The molecule has 0 saturated heterocycles. The normalized spacial score (nSPS) is 14.2. The number of nitrogens with one attached hydrogen (secondary N) is 1. The van der Waals surface area contributed by atoms with Crippen LogP contribution in [0.4, 0.5) is 5.69 Å². The van der Waals surface area contributed by atoms with Crippen molar-refractivity contribution in [1.82, 2.24) is 4.72 Å². The Morgan fingerprint density at radius 2 is 1.86 bits per heavy atom. The second-order valence-corrected chi connectivity index (χ2v) is 8.40. The Balaban J connectivity index is 2.91. The van der Waals surface area contributed by atoms with Crippen LogP contribution >= 0.6 is 0 Å². The minimum atomic E-state index is -3.68. The maximum atomic E-state index is 12.4. The van der Waals surface area contributed by atoms with E-state index in [1.807, 2.05) is 20.8 Å². The molecule has 1 atom stereocenters. The molecular weight excluding hydrogens is 288 g/mol. The predicted molar refractivity (Wildman–Crippen MR) is 85.6 cm³/mol. The van der Waals surface area contributed by atoms with Crippen molar-refractivity contribution in [3.05, 3.63) is 23.3 Å². The fourth-order valence-corrected chi connectivity index (χ4v) is 3.88. The van der Waals surface area contributed by atoms with Crippen LogP contribution in [-0.4, -0.2) is 26.2 Å². The van der Waals surface area contributed by atoms with Gasteiger partial charge in [0.2, 0.25) is 10.0 Å². The van der Waals surface area contributed by atoms with E-state index in [-0.39, 0.29) is 16.9 Å².